The summed E-state index contributed by atoms with van der Waals surface area (Å²) in [4.78, 5) is 13.7. The van der Waals surface area contributed by atoms with Crippen molar-refractivity contribution < 1.29 is 13.9 Å². The molecule has 1 atom stereocenters. The van der Waals surface area contributed by atoms with Gasteiger partial charge in [0.2, 0.25) is 0 Å². The first-order chi connectivity index (χ1) is 14.2. The van der Waals surface area contributed by atoms with Crippen LogP contribution in [-0.2, 0) is 4.74 Å². The highest BCUT2D eigenvalue weighted by atomic mass is 32.1. The second-order valence-electron chi connectivity index (χ2n) is 6.17. The van der Waals surface area contributed by atoms with E-state index in [9.17, 15) is 10.1 Å². The van der Waals surface area contributed by atoms with Crippen LogP contribution in [0.15, 0.2) is 70.5 Å². The van der Waals surface area contributed by atoms with Crippen molar-refractivity contribution in [3.8, 4) is 28.0 Å². The van der Waals surface area contributed by atoms with Crippen LogP contribution in [0.2, 0.25) is 0 Å². The van der Waals surface area contributed by atoms with Gasteiger partial charge in [-0.3, -0.25) is 0 Å². The summed E-state index contributed by atoms with van der Waals surface area (Å²) in [6.07, 6.45) is -0.719. The number of nitriles is 1. The minimum atomic E-state index is -0.719. The molecule has 6 nitrogen and oxygen atoms in total. The van der Waals surface area contributed by atoms with Gasteiger partial charge in [0.25, 0.3) is 11.8 Å². The van der Waals surface area contributed by atoms with E-state index < -0.39 is 12.1 Å². The predicted molar refractivity (Wildman–Crippen MR) is 108 cm³/mol. The zero-order valence-electron chi connectivity index (χ0n) is 15.4. The summed E-state index contributed by atoms with van der Waals surface area (Å²) in [5.41, 5.74) is 2.15. The van der Waals surface area contributed by atoms with Gasteiger partial charge in [-0.25, -0.2) is 4.79 Å². The third-order valence-electron chi connectivity index (χ3n) is 4.29. The van der Waals surface area contributed by atoms with E-state index in [0.29, 0.717) is 28.1 Å². The van der Waals surface area contributed by atoms with E-state index in [0.717, 1.165) is 4.88 Å². The second kappa shape index (κ2) is 8.09. The molecule has 0 unspecified atom stereocenters. The SMILES string of the molecule is C[C@H](OC(=O)c1ccccc1-c1ccccc1C#N)c1nnc(-c2cccs2)o1. The highest BCUT2D eigenvalue weighted by Gasteiger charge is 2.22. The standard InChI is InChI=1S/C22H15N3O3S/c1-14(20-24-25-21(28-20)19-11-6-12-29-19)27-22(26)18-10-5-4-9-17(18)16-8-3-2-7-15(16)13-23/h2-12,14H,1H3/t14-/m0/s1. The first-order valence-electron chi connectivity index (χ1n) is 8.84. The number of nitrogens with zero attached hydrogens (tertiary/aromatic N) is 3. The smallest absolute Gasteiger partial charge is 0.339 e. The molecule has 4 aromatic rings. The summed E-state index contributed by atoms with van der Waals surface area (Å²) in [6, 6.07) is 20.1. The van der Waals surface area contributed by atoms with E-state index in [4.69, 9.17) is 9.15 Å². The lowest BCUT2D eigenvalue weighted by atomic mass is 9.96. The first kappa shape index (κ1) is 18.6. The lowest BCUT2D eigenvalue weighted by Gasteiger charge is -2.13. The maximum absolute atomic E-state index is 12.9. The fraction of sp³-hybridized carbons (Fsp3) is 0.0909. The summed E-state index contributed by atoms with van der Waals surface area (Å²) >= 11 is 1.48. The molecule has 0 aliphatic carbocycles. The summed E-state index contributed by atoms with van der Waals surface area (Å²) in [5, 5.41) is 19.3. The molecule has 2 heterocycles. The average Bonchev–Trinajstić information content (AvgIpc) is 3.45. The Bertz CT molecular complexity index is 1190. The van der Waals surface area contributed by atoms with E-state index in [2.05, 4.69) is 16.3 Å². The maximum Gasteiger partial charge on any atom is 0.339 e. The number of rotatable bonds is 5. The fourth-order valence-electron chi connectivity index (χ4n) is 2.88. The Morgan fingerprint density at radius 3 is 2.59 bits per heavy atom. The van der Waals surface area contributed by atoms with Crippen LogP contribution in [0.4, 0.5) is 0 Å². The Kier molecular flexibility index (Phi) is 5.18. The van der Waals surface area contributed by atoms with E-state index >= 15 is 0 Å². The largest absolute Gasteiger partial charge is 0.449 e. The van der Waals surface area contributed by atoms with Crippen molar-refractivity contribution in [2.45, 2.75) is 13.0 Å². The van der Waals surface area contributed by atoms with Gasteiger partial charge in [0.1, 0.15) is 0 Å². The van der Waals surface area contributed by atoms with Crippen LogP contribution in [0, 0.1) is 11.3 Å². The molecule has 0 radical (unpaired) electrons. The van der Waals surface area contributed by atoms with Crippen LogP contribution < -0.4 is 0 Å². The van der Waals surface area contributed by atoms with Gasteiger partial charge in [0.05, 0.1) is 22.1 Å². The van der Waals surface area contributed by atoms with E-state index in [1.54, 1.807) is 43.3 Å². The number of aromatic nitrogens is 2. The highest BCUT2D eigenvalue weighted by Crippen LogP contribution is 2.30. The normalized spacial score (nSPS) is 11.6. The molecule has 0 aliphatic rings. The molecular weight excluding hydrogens is 386 g/mol. The number of thiophene rings is 1. The summed E-state index contributed by atoms with van der Waals surface area (Å²) < 4.78 is 11.2. The van der Waals surface area contributed by atoms with Crippen molar-refractivity contribution in [2.75, 3.05) is 0 Å². The molecule has 0 spiro atoms. The molecule has 0 amide bonds. The minimum absolute atomic E-state index is 0.219. The Balaban J connectivity index is 1.59. The molecule has 0 aliphatic heterocycles. The summed E-state index contributed by atoms with van der Waals surface area (Å²) in [5.74, 6) is 0.0784. The minimum Gasteiger partial charge on any atom is -0.449 e. The van der Waals surface area contributed by atoms with Gasteiger partial charge in [0.15, 0.2) is 6.10 Å². The van der Waals surface area contributed by atoms with E-state index in [1.165, 1.54) is 11.3 Å². The number of esters is 1. The van der Waals surface area contributed by atoms with E-state index in [1.807, 2.05) is 29.6 Å². The zero-order chi connectivity index (χ0) is 20.2. The topological polar surface area (TPSA) is 89.0 Å². The molecule has 0 saturated carbocycles. The number of ether oxygens (including phenoxy) is 1. The monoisotopic (exact) mass is 401 g/mol. The number of hydrogen-bond donors (Lipinski definition) is 0. The van der Waals surface area contributed by atoms with Crippen LogP contribution in [0.3, 0.4) is 0 Å². The first-order valence-corrected chi connectivity index (χ1v) is 9.72. The number of carbonyl (C=O) groups excluding carboxylic acids is 1. The molecule has 0 saturated heterocycles. The molecule has 0 fully saturated rings. The van der Waals surface area contributed by atoms with Crippen molar-refractivity contribution in [2.24, 2.45) is 0 Å². The summed E-state index contributed by atoms with van der Waals surface area (Å²) in [7, 11) is 0. The molecular formula is C22H15N3O3S. The Labute approximate surface area is 171 Å². The molecule has 29 heavy (non-hydrogen) atoms. The fourth-order valence-corrected chi connectivity index (χ4v) is 3.53. The molecule has 0 bridgehead atoms. The zero-order valence-corrected chi connectivity index (χ0v) is 16.2. The van der Waals surface area contributed by atoms with Crippen LogP contribution in [0.25, 0.3) is 21.9 Å². The Hall–Kier alpha value is -3.76. The maximum atomic E-state index is 12.9. The van der Waals surface area contributed by atoms with Gasteiger partial charge < -0.3 is 9.15 Å². The van der Waals surface area contributed by atoms with Crippen molar-refractivity contribution >= 4 is 17.3 Å². The molecule has 0 N–H and O–H groups in total. The second-order valence-corrected chi connectivity index (χ2v) is 7.12. The predicted octanol–water partition coefficient (Wildman–Crippen LogP) is 5.25. The number of carbonyl (C=O) groups is 1. The lowest BCUT2D eigenvalue weighted by Crippen LogP contribution is -2.11. The van der Waals surface area contributed by atoms with Crippen molar-refractivity contribution in [3.63, 3.8) is 0 Å². The van der Waals surface area contributed by atoms with Gasteiger partial charge in [-0.15, -0.1) is 21.5 Å². The van der Waals surface area contributed by atoms with Gasteiger partial charge in [-0.05, 0) is 36.1 Å². The molecule has 2 aromatic carbocycles. The molecule has 7 heteroatoms. The van der Waals surface area contributed by atoms with Gasteiger partial charge >= 0.3 is 5.97 Å². The van der Waals surface area contributed by atoms with Crippen LogP contribution in [0.5, 0.6) is 0 Å². The third kappa shape index (κ3) is 3.79. The van der Waals surface area contributed by atoms with Crippen molar-refractivity contribution in [1.29, 1.82) is 5.26 Å². The van der Waals surface area contributed by atoms with Crippen molar-refractivity contribution in [3.05, 3.63) is 83.1 Å². The molecule has 142 valence electrons. The van der Waals surface area contributed by atoms with Crippen molar-refractivity contribution in [1.82, 2.24) is 10.2 Å². The molecule has 2 aromatic heterocycles. The highest BCUT2D eigenvalue weighted by molar-refractivity contribution is 7.13. The van der Waals surface area contributed by atoms with Gasteiger partial charge in [0, 0.05) is 5.56 Å². The quantitative estimate of drug-likeness (QED) is 0.424. The third-order valence-corrected chi connectivity index (χ3v) is 5.15. The van der Waals surface area contributed by atoms with Crippen LogP contribution in [-0.4, -0.2) is 16.2 Å². The van der Waals surface area contributed by atoms with E-state index in [-0.39, 0.29) is 5.89 Å². The Morgan fingerprint density at radius 2 is 1.83 bits per heavy atom. The van der Waals surface area contributed by atoms with Crippen LogP contribution >= 0.6 is 11.3 Å². The number of hydrogen-bond acceptors (Lipinski definition) is 7. The van der Waals surface area contributed by atoms with Gasteiger partial charge in [-0.2, -0.15) is 5.26 Å². The Morgan fingerprint density at radius 1 is 1.07 bits per heavy atom. The lowest BCUT2D eigenvalue weighted by molar-refractivity contribution is 0.0281. The van der Waals surface area contributed by atoms with Gasteiger partial charge in [-0.1, -0.05) is 42.5 Å². The number of benzene rings is 2. The molecule has 4 rings (SSSR count). The van der Waals surface area contributed by atoms with Crippen LogP contribution in [0.1, 0.15) is 34.8 Å². The summed E-state index contributed by atoms with van der Waals surface area (Å²) in [6.45, 7) is 1.68. The average molecular weight is 401 g/mol.